The molecule has 0 amide bonds. The first-order valence-corrected chi connectivity index (χ1v) is 13.9. The van der Waals surface area contributed by atoms with Gasteiger partial charge in [-0.25, -0.2) is 4.39 Å². The highest BCUT2D eigenvalue weighted by Gasteiger charge is 2.25. The van der Waals surface area contributed by atoms with E-state index in [0.717, 1.165) is 80.9 Å². The monoisotopic (exact) mass is 541 g/mol. The third-order valence-corrected chi connectivity index (χ3v) is 7.74. The summed E-state index contributed by atoms with van der Waals surface area (Å²) in [5.74, 6) is 0.0628. The fraction of sp³-hybridized carbons (Fsp3) is 0.364. The average Bonchev–Trinajstić information content (AvgIpc) is 2.95. The molecule has 0 saturated carbocycles. The van der Waals surface area contributed by atoms with Crippen molar-refractivity contribution >= 4 is 28.9 Å². The lowest BCUT2D eigenvalue weighted by atomic mass is 9.84. The zero-order chi connectivity index (χ0) is 29.0. The largest absolute Gasteiger partial charge is 0.490 e. The van der Waals surface area contributed by atoms with Crippen molar-refractivity contribution < 1.29 is 9.13 Å². The summed E-state index contributed by atoms with van der Waals surface area (Å²) in [5, 5.41) is 18.8. The fourth-order valence-electron chi connectivity index (χ4n) is 5.63. The molecule has 2 N–H and O–H groups in total. The second-order valence-corrected chi connectivity index (χ2v) is 10.3. The SMILES string of the molecule is C=C1/C=C(/CCC(=N)c2ccc(NC)c(C=NC)c2)N(C)/N=C(C)\C(CC)=C/1c1cc(F)c2c(c1C)CCCO2. The van der Waals surface area contributed by atoms with Crippen molar-refractivity contribution in [3.63, 3.8) is 0 Å². The summed E-state index contributed by atoms with van der Waals surface area (Å²) in [6, 6.07) is 7.53. The van der Waals surface area contributed by atoms with E-state index in [1.54, 1.807) is 19.3 Å². The van der Waals surface area contributed by atoms with Gasteiger partial charge < -0.3 is 15.5 Å². The maximum atomic E-state index is 15.3. The van der Waals surface area contributed by atoms with E-state index in [4.69, 9.17) is 15.2 Å². The van der Waals surface area contributed by atoms with Gasteiger partial charge in [-0.3, -0.25) is 10.0 Å². The first kappa shape index (κ1) is 29.0. The van der Waals surface area contributed by atoms with Gasteiger partial charge in [-0.2, -0.15) is 5.10 Å². The number of nitrogens with zero attached hydrogens (tertiary/aromatic N) is 3. The number of hydrazone groups is 1. The van der Waals surface area contributed by atoms with Gasteiger partial charge in [-0.05, 0) is 104 Å². The van der Waals surface area contributed by atoms with Gasteiger partial charge in [-0.15, -0.1) is 0 Å². The predicted molar refractivity (Wildman–Crippen MR) is 166 cm³/mol. The minimum absolute atomic E-state index is 0.325. The van der Waals surface area contributed by atoms with Crippen molar-refractivity contribution in [2.45, 2.75) is 52.9 Å². The van der Waals surface area contributed by atoms with Crippen molar-refractivity contribution in [3.05, 3.63) is 87.4 Å². The number of ether oxygens (including phenoxy) is 1. The Kier molecular flexibility index (Phi) is 9.03. The zero-order valence-corrected chi connectivity index (χ0v) is 24.5. The second-order valence-electron chi connectivity index (χ2n) is 10.3. The minimum atomic E-state index is -0.325. The summed E-state index contributed by atoms with van der Waals surface area (Å²) in [7, 11) is 5.55. The molecule has 0 spiro atoms. The molecule has 0 unspecified atom stereocenters. The Bertz CT molecular complexity index is 1460. The number of nitrogens with one attached hydrogen (secondary N) is 2. The van der Waals surface area contributed by atoms with E-state index < -0.39 is 0 Å². The highest BCUT2D eigenvalue weighted by molar-refractivity contribution is 6.08. The molecule has 4 rings (SSSR count). The van der Waals surface area contributed by atoms with E-state index in [0.29, 0.717) is 30.9 Å². The fourth-order valence-corrected chi connectivity index (χ4v) is 5.63. The quantitative estimate of drug-likeness (QED) is 0.344. The molecule has 2 aromatic carbocycles. The number of aliphatic imine (C=N–C) groups is 1. The van der Waals surface area contributed by atoms with Gasteiger partial charge in [0.2, 0.25) is 0 Å². The van der Waals surface area contributed by atoms with Crippen LogP contribution >= 0.6 is 0 Å². The van der Waals surface area contributed by atoms with Crippen molar-refractivity contribution in [1.29, 1.82) is 5.41 Å². The highest BCUT2D eigenvalue weighted by atomic mass is 19.1. The lowest BCUT2D eigenvalue weighted by molar-refractivity contribution is 0.272. The van der Waals surface area contributed by atoms with Gasteiger partial charge in [-0.1, -0.05) is 19.6 Å². The van der Waals surface area contributed by atoms with Crippen LogP contribution in [0.5, 0.6) is 5.75 Å². The minimum Gasteiger partial charge on any atom is -0.490 e. The van der Waals surface area contributed by atoms with Crippen LogP contribution in [0.2, 0.25) is 0 Å². The summed E-state index contributed by atoms with van der Waals surface area (Å²) < 4.78 is 21.0. The van der Waals surface area contributed by atoms with E-state index in [-0.39, 0.29) is 5.82 Å². The topological polar surface area (TPSA) is 73.1 Å². The molecule has 2 heterocycles. The van der Waals surface area contributed by atoms with Gasteiger partial charge in [0.25, 0.3) is 0 Å². The molecule has 2 aliphatic rings. The first-order valence-electron chi connectivity index (χ1n) is 13.9. The zero-order valence-electron chi connectivity index (χ0n) is 24.5. The van der Waals surface area contributed by atoms with E-state index in [1.165, 1.54) is 0 Å². The summed E-state index contributed by atoms with van der Waals surface area (Å²) in [6.45, 7) is 11.2. The van der Waals surface area contributed by atoms with Crippen LogP contribution in [0.1, 0.15) is 67.3 Å². The maximum Gasteiger partial charge on any atom is 0.165 e. The summed E-state index contributed by atoms with van der Waals surface area (Å²) >= 11 is 0. The van der Waals surface area contributed by atoms with Crippen LogP contribution < -0.4 is 10.1 Å². The average molecular weight is 542 g/mol. The van der Waals surface area contributed by atoms with Crippen LogP contribution in [0.25, 0.3) is 5.57 Å². The number of anilines is 1. The highest BCUT2D eigenvalue weighted by Crippen LogP contribution is 2.40. The van der Waals surface area contributed by atoms with E-state index in [1.807, 2.05) is 50.3 Å². The Morgan fingerprint density at radius 2 is 2.08 bits per heavy atom. The molecule has 210 valence electrons. The Morgan fingerprint density at radius 3 is 2.77 bits per heavy atom. The van der Waals surface area contributed by atoms with Gasteiger partial charge >= 0.3 is 0 Å². The second kappa shape index (κ2) is 12.5. The number of fused-ring (bicyclic) bond motifs is 1. The van der Waals surface area contributed by atoms with Crippen LogP contribution in [0.15, 0.2) is 63.9 Å². The molecule has 6 nitrogen and oxygen atoms in total. The van der Waals surface area contributed by atoms with E-state index in [9.17, 15) is 0 Å². The molecular weight excluding hydrogens is 501 g/mol. The summed E-state index contributed by atoms with van der Waals surface area (Å²) in [4.78, 5) is 4.15. The Hall–Kier alpha value is -4.00. The molecule has 0 atom stereocenters. The van der Waals surface area contributed by atoms with Crippen LogP contribution in [-0.2, 0) is 6.42 Å². The van der Waals surface area contributed by atoms with Crippen LogP contribution in [0, 0.1) is 18.2 Å². The molecule has 0 bridgehead atoms. The molecular formula is C33H40FN5O. The van der Waals surface area contributed by atoms with Gasteiger partial charge in [0.15, 0.2) is 11.6 Å². The van der Waals surface area contributed by atoms with Crippen molar-refractivity contribution in [3.8, 4) is 5.75 Å². The van der Waals surface area contributed by atoms with Crippen molar-refractivity contribution in [2.24, 2.45) is 10.1 Å². The molecule has 0 aromatic heterocycles. The number of allylic oxidation sites excluding steroid dienone is 5. The molecule has 7 heteroatoms. The molecule has 0 aliphatic carbocycles. The number of hydrogen-bond donors (Lipinski definition) is 2. The van der Waals surface area contributed by atoms with Crippen LogP contribution in [-0.4, -0.2) is 50.4 Å². The predicted octanol–water partition coefficient (Wildman–Crippen LogP) is 7.32. The van der Waals surface area contributed by atoms with Crippen molar-refractivity contribution in [2.75, 3.05) is 33.1 Å². The lowest BCUT2D eigenvalue weighted by Crippen LogP contribution is -2.19. The number of halogens is 1. The molecule has 2 aromatic rings. The maximum absolute atomic E-state index is 15.3. The lowest BCUT2D eigenvalue weighted by Gasteiger charge is -2.27. The molecule has 0 fully saturated rings. The molecule has 2 aliphatic heterocycles. The normalized spacial score (nSPS) is 20.2. The third-order valence-electron chi connectivity index (χ3n) is 7.74. The van der Waals surface area contributed by atoms with Gasteiger partial charge in [0.1, 0.15) is 0 Å². The molecule has 0 radical (unpaired) electrons. The standard InChI is InChI=1S/C33H40FN5O/c1-8-26-22(4)38-39(7)25(12-13-30(35)23-11-14-31(37-6)24(17-23)19-36-5)16-20(2)32(26)28-18-29(34)33-27(21(28)3)10-9-15-40-33/h11,14,16-19,35,37H,2,8-10,12-13,15H2,1,3-7H3/b25-16-,32-26+,35-30?,36-19?,38-22-. The summed E-state index contributed by atoms with van der Waals surface area (Å²) in [6.07, 6.45) is 7.40. The van der Waals surface area contributed by atoms with Crippen LogP contribution in [0.3, 0.4) is 0 Å². The molecule has 40 heavy (non-hydrogen) atoms. The Balaban J connectivity index is 1.69. The summed E-state index contributed by atoms with van der Waals surface area (Å²) in [5.41, 5.74) is 10.8. The third kappa shape index (κ3) is 5.79. The van der Waals surface area contributed by atoms with Crippen LogP contribution in [0.4, 0.5) is 10.1 Å². The number of rotatable bonds is 8. The van der Waals surface area contributed by atoms with E-state index >= 15 is 4.39 Å². The number of benzene rings is 2. The number of hydrogen-bond acceptors (Lipinski definition) is 6. The molecule has 0 saturated heterocycles. The Labute approximate surface area is 237 Å². The van der Waals surface area contributed by atoms with Crippen molar-refractivity contribution in [1.82, 2.24) is 5.01 Å². The first-order chi connectivity index (χ1) is 19.2. The van der Waals surface area contributed by atoms with E-state index in [2.05, 4.69) is 30.7 Å². The Morgan fingerprint density at radius 1 is 1.30 bits per heavy atom. The van der Waals surface area contributed by atoms with Gasteiger partial charge in [0.05, 0.1) is 12.3 Å². The van der Waals surface area contributed by atoms with Gasteiger partial charge in [0, 0.05) is 55.6 Å². The smallest absolute Gasteiger partial charge is 0.165 e.